The van der Waals surface area contributed by atoms with E-state index in [2.05, 4.69) is 15.2 Å². The Morgan fingerprint density at radius 1 is 1.13 bits per heavy atom. The molecule has 1 heterocycles. The summed E-state index contributed by atoms with van der Waals surface area (Å²) in [5, 5.41) is 6.48. The molecule has 1 amide bonds. The van der Waals surface area contributed by atoms with Gasteiger partial charge in [0, 0.05) is 17.7 Å². The molecule has 0 bridgehead atoms. The molecule has 4 rings (SSSR count). The molecule has 0 saturated heterocycles. The largest absolute Gasteiger partial charge is 0.495 e. The maximum atomic E-state index is 13.1. The molecule has 1 aliphatic rings. The maximum absolute atomic E-state index is 13.1. The van der Waals surface area contributed by atoms with Gasteiger partial charge in [-0.15, -0.1) is 0 Å². The van der Waals surface area contributed by atoms with Crippen molar-refractivity contribution in [2.24, 2.45) is 0 Å². The highest BCUT2D eigenvalue weighted by molar-refractivity contribution is 7.92. The van der Waals surface area contributed by atoms with Crippen LogP contribution in [0.3, 0.4) is 0 Å². The first-order valence-electron chi connectivity index (χ1n) is 9.83. The third kappa shape index (κ3) is 4.41. The fourth-order valence-electron chi connectivity index (χ4n) is 3.28. The van der Waals surface area contributed by atoms with Crippen LogP contribution < -0.4 is 14.8 Å². The fraction of sp³-hybridized carbons (Fsp3) is 0.273. The molecule has 0 radical (unpaired) electrons. The van der Waals surface area contributed by atoms with Gasteiger partial charge in [0.05, 0.1) is 12.8 Å². The highest BCUT2D eigenvalue weighted by Gasteiger charge is 2.29. The van der Waals surface area contributed by atoms with Crippen LogP contribution in [-0.4, -0.2) is 26.6 Å². The molecule has 2 N–H and O–H groups in total. The van der Waals surface area contributed by atoms with E-state index in [1.165, 1.54) is 19.2 Å². The zero-order chi connectivity index (χ0) is 22.2. The van der Waals surface area contributed by atoms with E-state index in [1.807, 2.05) is 32.0 Å². The van der Waals surface area contributed by atoms with Gasteiger partial charge in [-0.1, -0.05) is 23.4 Å². The average Bonchev–Trinajstić information content (AvgIpc) is 3.47. The lowest BCUT2D eigenvalue weighted by molar-refractivity contribution is 0.101. The van der Waals surface area contributed by atoms with Crippen molar-refractivity contribution in [3.05, 3.63) is 65.0 Å². The Bertz CT molecular complexity index is 1230. The SMILES string of the molecule is COc1ccc(NC(=O)c2cc(C3CC3)on2)cc1S(=O)(=O)Nc1c(C)cccc1C. The molecule has 8 nitrogen and oxygen atoms in total. The molecule has 2 aromatic carbocycles. The maximum Gasteiger partial charge on any atom is 0.277 e. The molecule has 1 aromatic heterocycles. The summed E-state index contributed by atoms with van der Waals surface area (Å²) in [5.41, 5.74) is 2.54. The predicted molar refractivity (Wildman–Crippen MR) is 116 cm³/mol. The topological polar surface area (TPSA) is 111 Å². The number of anilines is 2. The van der Waals surface area contributed by atoms with Crippen LogP contribution in [0.4, 0.5) is 11.4 Å². The van der Waals surface area contributed by atoms with Crippen LogP contribution in [0.25, 0.3) is 0 Å². The van der Waals surface area contributed by atoms with Gasteiger partial charge in [-0.3, -0.25) is 9.52 Å². The number of hydrogen-bond donors (Lipinski definition) is 2. The lowest BCUT2D eigenvalue weighted by atomic mass is 10.1. The first kappa shape index (κ1) is 20.9. The molecule has 0 aliphatic heterocycles. The quantitative estimate of drug-likeness (QED) is 0.568. The first-order valence-corrected chi connectivity index (χ1v) is 11.3. The van der Waals surface area contributed by atoms with Gasteiger partial charge in [0.25, 0.3) is 15.9 Å². The molecular weight excluding hydrogens is 418 g/mol. The number of carbonyl (C=O) groups excluding carboxylic acids is 1. The molecule has 162 valence electrons. The van der Waals surface area contributed by atoms with Crippen LogP contribution in [0, 0.1) is 13.8 Å². The summed E-state index contributed by atoms with van der Waals surface area (Å²) in [4.78, 5) is 12.4. The van der Waals surface area contributed by atoms with Crippen molar-refractivity contribution in [3.63, 3.8) is 0 Å². The summed E-state index contributed by atoms with van der Waals surface area (Å²) in [6.45, 7) is 3.65. The normalized spacial score (nSPS) is 13.6. The second kappa shape index (κ2) is 8.07. The van der Waals surface area contributed by atoms with Gasteiger partial charge in [-0.2, -0.15) is 0 Å². The monoisotopic (exact) mass is 441 g/mol. The van der Waals surface area contributed by atoms with Crippen LogP contribution in [-0.2, 0) is 10.0 Å². The minimum Gasteiger partial charge on any atom is -0.495 e. The lowest BCUT2D eigenvalue weighted by Gasteiger charge is -2.16. The Balaban J connectivity index is 1.61. The van der Waals surface area contributed by atoms with E-state index in [0.29, 0.717) is 23.1 Å². The number of rotatable bonds is 7. The van der Waals surface area contributed by atoms with Crippen molar-refractivity contribution in [2.75, 3.05) is 17.1 Å². The van der Waals surface area contributed by atoms with Gasteiger partial charge in [-0.05, 0) is 56.0 Å². The standard InChI is InChI=1S/C22H23N3O5S/c1-13-5-4-6-14(2)21(13)25-31(27,28)20-11-16(9-10-18(20)29-3)23-22(26)17-12-19(30-24-17)15-7-8-15/h4-6,9-12,15,25H,7-8H2,1-3H3,(H,23,26). The van der Waals surface area contributed by atoms with E-state index in [4.69, 9.17) is 9.26 Å². The second-order valence-corrected chi connectivity index (χ2v) is 9.23. The molecule has 0 atom stereocenters. The molecule has 9 heteroatoms. The van der Waals surface area contributed by atoms with Crippen LogP contribution in [0.2, 0.25) is 0 Å². The van der Waals surface area contributed by atoms with Crippen molar-refractivity contribution in [1.82, 2.24) is 5.16 Å². The van der Waals surface area contributed by atoms with Crippen LogP contribution in [0.15, 0.2) is 51.9 Å². The zero-order valence-corrected chi connectivity index (χ0v) is 18.2. The zero-order valence-electron chi connectivity index (χ0n) is 17.4. The van der Waals surface area contributed by atoms with Crippen LogP contribution in [0.5, 0.6) is 5.75 Å². The van der Waals surface area contributed by atoms with Crippen LogP contribution >= 0.6 is 0 Å². The average molecular weight is 442 g/mol. The molecule has 3 aromatic rings. The van der Waals surface area contributed by atoms with E-state index in [-0.39, 0.29) is 16.3 Å². The number of para-hydroxylation sites is 1. The predicted octanol–water partition coefficient (Wildman–Crippen LogP) is 4.23. The Kier molecular flexibility index (Phi) is 5.45. The molecular formula is C22H23N3O5S. The fourth-order valence-corrected chi connectivity index (χ4v) is 4.68. The lowest BCUT2D eigenvalue weighted by Crippen LogP contribution is -2.17. The van der Waals surface area contributed by atoms with E-state index in [1.54, 1.807) is 12.1 Å². The number of methoxy groups -OCH3 is 1. The Labute approximate surface area is 180 Å². The number of nitrogens with one attached hydrogen (secondary N) is 2. The van der Waals surface area contributed by atoms with Crippen molar-refractivity contribution in [1.29, 1.82) is 0 Å². The molecule has 1 saturated carbocycles. The number of sulfonamides is 1. The van der Waals surface area contributed by atoms with Gasteiger partial charge >= 0.3 is 0 Å². The van der Waals surface area contributed by atoms with E-state index < -0.39 is 15.9 Å². The molecule has 1 fully saturated rings. The van der Waals surface area contributed by atoms with Crippen molar-refractivity contribution >= 4 is 27.3 Å². The number of benzene rings is 2. The Morgan fingerprint density at radius 2 is 1.84 bits per heavy atom. The summed E-state index contributed by atoms with van der Waals surface area (Å²) in [7, 11) is -2.59. The number of aryl methyl sites for hydroxylation is 2. The van der Waals surface area contributed by atoms with E-state index >= 15 is 0 Å². The first-order chi connectivity index (χ1) is 14.8. The van der Waals surface area contributed by atoms with Crippen molar-refractivity contribution in [2.45, 2.75) is 37.5 Å². The molecule has 0 unspecified atom stereocenters. The van der Waals surface area contributed by atoms with Crippen molar-refractivity contribution < 1.29 is 22.5 Å². The number of aromatic nitrogens is 1. The van der Waals surface area contributed by atoms with Gasteiger partial charge in [-0.25, -0.2) is 8.42 Å². The number of nitrogens with zero attached hydrogens (tertiary/aromatic N) is 1. The third-order valence-corrected chi connectivity index (χ3v) is 6.54. The molecule has 31 heavy (non-hydrogen) atoms. The highest BCUT2D eigenvalue weighted by atomic mass is 32.2. The molecule has 0 spiro atoms. The summed E-state index contributed by atoms with van der Waals surface area (Å²) >= 11 is 0. The van der Waals surface area contributed by atoms with Gasteiger partial charge in [0.15, 0.2) is 5.69 Å². The smallest absolute Gasteiger partial charge is 0.277 e. The van der Waals surface area contributed by atoms with Gasteiger partial charge in [0.1, 0.15) is 16.4 Å². The number of ether oxygens (including phenoxy) is 1. The third-order valence-electron chi connectivity index (χ3n) is 5.17. The van der Waals surface area contributed by atoms with Gasteiger partial charge in [0.2, 0.25) is 0 Å². The van der Waals surface area contributed by atoms with E-state index in [0.717, 1.165) is 24.0 Å². The minimum atomic E-state index is -3.98. The second-order valence-electron chi connectivity index (χ2n) is 7.58. The summed E-state index contributed by atoms with van der Waals surface area (Å²) in [6.07, 6.45) is 2.06. The van der Waals surface area contributed by atoms with Crippen molar-refractivity contribution in [3.8, 4) is 5.75 Å². The Morgan fingerprint density at radius 3 is 2.48 bits per heavy atom. The summed E-state index contributed by atoms with van der Waals surface area (Å²) in [5.74, 6) is 0.713. The Hall–Kier alpha value is -3.33. The summed E-state index contributed by atoms with van der Waals surface area (Å²) < 4.78 is 39.4. The van der Waals surface area contributed by atoms with Gasteiger partial charge < -0.3 is 14.6 Å². The number of hydrogen-bond acceptors (Lipinski definition) is 6. The minimum absolute atomic E-state index is 0.0886. The molecule has 1 aliphatic carbocycles. The number of carbonyl (C=O) groups is 1. The van der Waals surface area contributed by atoms with E-state index in [9.17, 15) is 13.2 Å². The summed E-state index contributed by atoms with van der Waals surface area (Å²) in [6, 6.07) is 11.5. The highest BCUT2D eigenvalue weighted by Crippen LogP contribution is 2.40. The number of amides is 1. The van der Waals surface area contributed by atoms with Crippen LogP contribution in [0.1, 0.15) is 46.1 Å².